The first-order valence-corrected chi connectivity index (χ1v) is 16.5. The summed E-state index contributed by atoms with van der Waals surface area (Å²) in [4.78, 5) is 57.7. The highest BCUT2D eigenvalue weighted by molar-refractivity contribution is 7.07. The number of hydrogen-bond acceptors (Lipinski definition) is 10. The summed E-state index contributed by atoms with van der Waals surface area (Å²) in [5.74, 6) is -1.27. The van der Waals surface area contributed by atoms with Crippen LogP contribution in [0.5, 0.6) is 0 Å². The quantitative estimate of drug-likeness (QED) is 0.241. The van der Waals surface area contributed by atoms with Gasteiger partial charge < -0.3 is 10.1 Å². The number of thiazole rings is 1. The second kappa shape index (κ2) is 13.1. The molecule has 1 N–H and O–H groups in total. The molecule has 1 atom stereocenters. The molecular formula is C36H27ClN6O5S. The van der Waals surface area contributed by atoms with Crippen molar-refractivity contribution in [3.63, 3.8) is 0 Å². The second-order valence-corrected chi connectivity index (χ2v) is 12.6. The molecule has 0 saturated heterocycles. The zero-order valence-corrected chi connectivity index (χ0v) is 27.8. The lowest BCUT2D eigenvalue weighted by Gasteiger charge is -2.24. The average Bonchev–Trinajstić information content (AvgIpc) is 3.71. The first kappa shape index (κ1) is 31.9. The van der Waals surface area contributed by atoms with Crippen molar-refractivity contribution >= 4 is 46.5 Å². The molecular weight excluding hydrogens is 664 g/mol. The number of benzene rings is 3. The Morgan fingerprint density at radius 2 is 1.67 bits per heavy atom. The number of ether oxygens (including phenoxy) is 1. The van der Waals surface area contributed by atoms with Crippen molar-refractivity contribution in [3.05, 3.63) is 155 Å². The van der Waals surface area contributed by atoms with Crippen molar-refractivity contribution in [2.24, 2.45) is 4.99 Å². The van der Waals surface area contributed by atoms with Gasteiger partial charge in [-0.2, -0.15) is 0 Å². The van der Waals surface area contributed by atoms with Crippen molar-refractivity contribution in [1.82, 2.24) is 24.9 Å². The molecule has 49 heavy (non-hydrogen) atoms. The number of rotatable bonds is 8. The lowest BCUT2D eigenvalue weighted by molar-refractivity contribution is -0.139. The van der Waals surface area contributed by atoms with Crippen molar-refractivity contribution in [2.75, 3.05) is 6.61 Å². The Morgan fingerprint density at radius 1 is 0.980 bits per heavy atom. The SMILES string of the molecule is CCOC(=O)C1=C(C)N=c2s/c(=C\c3ccc(-n4cc(CNC5=C(Cl)C(=O)c6ccccc6C5=O)nn4)cc3)c(=O)n2C1c1ccccc1. The zero-order chi connectivity index (χ0) is 34.2. The number of nitrogens with one attached hydrogen (secondary N) is 1. The third kappa shape index (κ3) is 5.85. The summed E-state index contributed by atoms with van der Waals surface area (Å²) in [6, 6.07) is 22.6. The number of esters is 1. The number of halogens is 1. The number of hydrogen-bond donors (Lipinski definition) is 1. The summed E-state index contributed by atoms with van der Waals surface area (Å²) >= 11 is 7.52. The van der Waals surface area contributed by atoms with Gasteiger partial charge in [-0.3, -0.25) is 19.0 Å². The molecule has 0 spiro atoms. The fourth-order valence-corrected chi connectivity index (χ4v) is 7.11. The highest BCUT2D eigenvalue weighted by atomic mass is 35.5. The van der Waals surface area contributed by atoms with Gasteiger partial charge in [-0.25, -0.2) is 14.5 Å². The van der Waals surface area contributed by atoms with E-state index in [1.807, 2.05) is 54.6 Å². The molecule has 5 aromatic rings. The number of fused-ring (bicyclic) bond motifs is 2. The van der Waals surface area contributed by atoms with Crippen LogP contribution in [0.3, 0.4) is 0 Å². The van der Waals surface area contributed by atoms with Gasteiger partial charge in [-0.05, 0) is 43.2 Å². The lowest BCUT2D eigenvalue weighted by Crippen LogP contribution is -2.39. The first-order valence-electron chi connectivity index (χ1n) is 15.3. The molecule has 0 bridgehead atoms. The topological polar surface area (TPSA) is 138 Å². The van der Waals surface area contributed by atoms with Gasteiger partial charge >= 0.3 is 5.97 Å². The molecule has 3 heterocycles. The van der Waals surface area contributed by atoms with Gasteiger partial charge in [0.15, 0.2) is 4.80 Å². The fraction of sp³-hybridized carbons (Fsp3) is 0.139. The minimum atomic E-state index is -0.670. The molecule has 3 aromatic carbocycles. The molecule has 2 aliphatic rings. The first-order chi connectivity index (χ1) is 23.7. The maximum Gasteiger partial charge on any atom is 0.338 e. The van der Waals surface area contributed by atoms with Gasteiger partial charge in [0, 0.05) is 11.1 Å². The van der Waals surface area contributed by atoms with Crippen LogP contribution in [0.15, 0.2) is 117 Å². The Bertz CT molecular complexity index is 2410. The molecule has 1 aliphatic heterocycles. The highest BCUT2D eigenvalue weighted by Gasteiger charge is 2.33. The molecule has 244 valence electrons. The third-order valence-corrected chi connectivity index (χ3v) is 9.48. The molecule has 0 radical (unpaired) electrons. The fourth-order valence-electron chi connectivity index (χ4n) is 5.80. The van der Waals surface area contributed by atoms with E-state index in [-0.39, 0.29) is 40.8 Å². The number of nitrogens with zero attached hydrogens (tertiary/aromatic N) is 5. The van der Waals surface area contributed by atoms with Crippen LogP contribution in [0.25, 0.3) is 11.8 Å². The van der Waals surface area contributed by atoms with Crippen LogP contribution < -0.4 is 20.2 Å². The summed E-state index contributed by atoms with van der Waals surface area (Å²) in [5.41, 5.74) is 3.97. The number of ketones is 2. The van der Waals surface area contributed by atoms with E-state index in [1.54, 1.807) is 59.6 Å². The predicted molar refractivity (Wildman–Crippen MR) is 183 cm³/mol. The van der Waals surface area contributed by atoms with E-state index in [2.05, 4.69) is 20.6 Å². The number of Topliss-reactive ketones (excluding diaryl/α,β-unsaturated/α-hetero) is 2. The standard InChI is InChI=1S/C36H27ClN6O5S/c1-3-48-35(47)28-20(2)39-36-43(31(28)22-9-5-4-6-10-22)34(46)27(49-36)17-21-13-15-24(16-14-21)42-19-23(40-41-42)18-38-30-29(37)32(44)25-11-7-8-12-26(25)33(30)45/h4-17,19,31,38H,3,18H2,1-2H3/b27-17-. The van der Waals surface area contributed by atoms with Crippen molar-refractivity contribution in [3.8, 4) is 5.69 Å². The van der Waals surface area contributed by atoms with Gasteiger partial charge in [-0.1, -0.05) is 94.9 Å². The van der Waals surface area contributed by atoms with Crippen LogP contribution in [-0.4, -0.2) is 43.7 Å². The van der Waals surface area contributed by atoms with Crippen molar-refractivity contribution < 1.29 is 19.1 Å². The van der Waals surface area contributed by atoms with Crippen LogP contribution in [0.2, 0.25) is 0 Å². The molecule has 1 unspecified atom stereocenters. The summed E-state index contributed by atoms with van der Waals surface area (Å²) in [7, 11) is 0. The van der Waals surface area contributed by atoms with Crippen LogP contribution in [0.1, 0.15) is 57.4 Å². The van der Waals surface area contributed by atoms with Crippen LogP contribution >= 0.6 is 22.9 Å². The number of aromatic nitrogens is 4. The van der Waals surface area contributed by atoms with E-state index in [0.29, 0.717) is 37.5 Å². The van der Waals surface area contributed by atoms with E-state index in [0.717, 1.165) is 11.1 Å². The summed E-state index contributed by atoms with van der Waals surface area (Å²) in [5, 5.41) is 11.2. The van der Waals surface area contributed by atoms with E-state index < -0.39 is 17.8 Å². The maximum absolute atomic E-state index is 13.8. The van der Waals surface area contributed by atoms with Gasteiger partial charge in [0.05, 0.1) is 46.9 Å². The molecule has 13 heteroatoms. The van der Waals surface area contributed by atoms with E-state index >= 15 is 0 Å². The molecule has 0 amide bonds. The van der Waals surface area contributed by atoms with E-state index in [4.69, 9.17) is 16.3 Å². The Balaban J connectivity index is 1.12. The van der Waals surface area contributed by atoms with Gasteiger partial charge in [0.25, 0.3) is 5.56 Å². The van der Waals surface area contributed by atoms with Gasteiger partial charge in [0.1, 0.15) is 16.4 Å². The van der Waals surface area contributed by atoms with Gasteiger partial charge in [0.2, 0.25) is 11.6 Å². The number of carbonyl (C=O) groups is 3. The molecule has 1 aliphatic carbocycles. The smallest absolute Gasteiger partial charge is 0.338 e. The maximum atomic E-state index is 13.8. The Hall–Kier alpha value is -5.72. The van der Waals surface area contributed by atoms with Crippen molar-refractivity contribution in [2.45, 2.75) is 26.4 Å². The van der Waals surface area contributed by atoms with Crippen LogP contribution in [0.4, 0.5) is 0 Å². The largest absolute Gasteiger partial charge is 0.463 e. The Kier molecular flexibility index (Phi) is 8.49. The summed E-state index contributed by atoms with van der Waals surface area (Å²) in [6.45, 7) is 3.82. The van der Waals surface area contributed by atoms with Crippen molar-refractivity contribution in [1.29, 1.82) is 0 Å². The molecule has 11 nitrogen and oxygen atoms in total. The average molecular weight is 691 g/mol. The molecule has 0 saturated carbocycles. The van der Waals surface area contributed by atoms with E-state index in [1.165, 1.54) is 11.3 Å². The summed E-state index contributed by atoms with van der Waals surface area (Å²) < 4.78 is 8.95. The van der Waals surface area contributed by atoms with Crippen LogP contribution in [0, 0.1) is 0 Å². The third-order valence-electron chi connectivity index (χ3n) is 8.14. The summed E-state index contributed by atoms with van der Waals surface area (Å²) in [6.07, 6.45) is 3.48. The van der Waals surface area contributed by atoms with E-state index in [9.17, 15) is 19.2 Å². The Morgan fingerprint density at radius 3 is 2.39 bits per heavy atom. The minimum Gasteiger partial charge on any atom is -0.463 e. The lowest BCUT2D eigenvalue weighted by atomic mass is 9.92. The van der Waals surface area contributed by atoms with Gasteiger partial charge in [-0.15, -0.1) is 5.10 Å². The minimum absolute atomic E-state index is 0.0249. The second-order valence-electron chi connectivity index (χ2n) is 11.2. The molecule has 2 aromatic heterocycles. The molecule has 0 fully saturated rings. The predicted octanol–water partition coefficient (Wildman–Crippen LogP) is 4.00. The monoisotopic (exact) mass is 690 g/mol. The Labute approximate surface area is 288 Å². The number of carbonyl (C=O) groups excluding carboxylic acids is 3. The molecule has 7 rings (SSSR count). The normalized spacial score (nSPS) is 16.0. The number of allylic oxidation sites excluding steroid dienone is 3. The highest BCUT2D eigenvalue weighted by Crippen LogP contribution is 2.31. The van der Waals surface area contributed by atoms with Crippen LogP contribution in [-0.2, 0) is 16.1 Å². The zero-order valence-electron chi connectivity index (χ0n) is 26.2.